The van der Waals surface area contributed by atoms with Gasteiger partial charge in [0.15, 0.2) is 0 Å². The van der Waals surface area contributed by atoms with Crippen LogP contribution in [0.25, 0.3) is 11.1 Å². The van der Waals surface area contributed by atoms with Gasteiger partial charge >= 0.3 is 11.9 Å². The molecule has 0 saturated heterocycles. The number of benzene rings is 2. The summed E-state index contributed by atoms with van der Waals surface area (Å²) in [6, 6.07) is 7.64. The standard InChI is InChI=1S/C20H22O4/c1-11-7-13(3)20(14(4)8-11)17-10-18(23-15(5)21)12(2)9-19(17)24-16(6)22/h7-10H,1-6H3. The average molecular weight is 326 g/mol. The number of aryl methyl sites for hydroxylation is 4. The van der Waals surface area contributed by atoms with Crippen molar-refractivity contribution in [3.63, 3.8) is 0 Å². The summed E-state index contributed by atoms with van der Waals surface area (Å²) >= 11 is 0. The van der Waals surface area contributed by atoms with Crippen LogP contribution >= 0.6 is 0 Å². The van der Waals surface area contributed by atoms with Crippen molar-refractivity contribution in [3.8, 4) is 22.6 Å². The van der Waals surface area contributed by atoms with E-state index in [1.54, 1.807) is 12.1 Å². The molecule has 0 heterocycles. The van der Waals surface area contributed by atoms with Crippen LogP contribution in [0.5, 0.6) is 11.5 Å². The number of hydrogen-bond donors (Lipinski definition) is 0. The van der Waals surface area contributed by atoms with Crippen molar-refractivity contribution in [2.45, 2.75) is 41.5 Å². The van der Waals surface area contributed by atoms with Gasteiger partial charge in [-0.2, -0.15) is 0 Å². The first-order valence-electron chi connectivity index (χ1n) is 7.78. The van der Waals surface area contributed by atoms with Gasteiger partial charge in [0.25, 0.3) is 0 Å². The maximum atomic E-state index is 11.5. The minimum atomic E-state index is -0.390. The maximum Gasteiger partial charge on any atom is 0.308 e. The first-order chi connectivity index (χ1) is 11.2. The van der Waals surface area contributed by atoms with E-state index in [2.05, 4.69) is 12.1 Å². The summed E-state index contributed by atoms with van der Waals surface area (Å²) in [5.74, 6) is 0.152. The summed E-state index contributed by atoms with van der Waals surface area (Å²) in [7, 11) is 0. The number of rotatable bonds is 3. The van der Waals surface area contributed by atoms with Gasteiger partial charge in [-0.05, 0) is 62.1 Å². The lowest BCUT2D eigenvalue weighted by Gasteiger charge is -2.17. The fraction of sp³-hybridized carbons (Fsp3) is 0.300. The molecule has 0 aromatic heterocycles. The molecule has 0 bridgehead atoms. The predicted molar refractivity (Wildman–Crippen MR) is 93.4 cm³/mol. The summed E-state index contributed by atoms with van der Waals surface area (Å²) in [5.41, 5.74) is 5.74. The highest BCUT2D eigenvalue weighted by Crippen LogP contribution is 2.39. The average Bonchev–Trinajstić information content (AvgIpc) is 2.41. The molecule has 0 spiro atoms. The summed E-state index contributed by atoms with van der Waals surface area (Å²) < 4.78 is 10.7. The predicted octanol–water partition coefficient (Wildman–Crippen LogP) is 4.44. The van der Waals surface area contributed by atoms with Crippen LogP contribution in [0.3, 0.4) is 0 Å². The first kappa shape index (κ1) is 17.7. The van der Waals surface area contributed by atoms with Gasteiger partial charge in [-0.15, -0.1) is 0 Å². The number of esters is 2. The number of ether oxygens (including phenoxy) is 2. The second kappa shape index (κ2) is 6.87. The Morgan fingerprint density at radius 3 is 1.71 bits per heavy atom. The highest BCUT2D eigenvalue weighted by atomic mass is 16.5. The van der Waals surface area contributed by atoms with Crippen LogP contribution in [0.1, 0.15) is 36.1 Å². The monoisotopic (exact) mass is 326 g/mol. The molecule has 4 nitrogen and oxygen atoms in total. The molecule has 0 N–H and O–H groups in total. The van der Waals surface area contributed by atoms with Gasteiger partial charge in [0.05, 0.1) is 0 Å². The third-order valence-corrected chi connectivity index (χ3v) is 3.73. The summed E-state index contributed by atoms with van der Waals surface area (Å²) in [6.45, 7) is 10.6. The molecule has 0 aliphatic heterocycles. The van der Waals surface area contributed by atoms with E-state index in [4.69, 9.17) is 9.47 Å². The number of carbonyl (C=O) groups excluding carboxylic acids is 2. The molecule has 0 radical (unpaired) electrons. The molecule has 0 aliphatic rings. The van der Waals surface area contributed by atoms with Crippen LogP contribution in [0.2, 0.25) is 0 Å². The SMILES string of the molecule is CC(=O)Oc1cc(-c2c(C)cc(C)cc2C)c(OC(C)=O)cc1C. The second-order valence-electron chi connectivity index (χ2n) is 6.07. The van der Waals surface area contributed by atoms with Crippen molar-refractivity contribution in [1.29, 1.82) is 0 Å². The van der Waals surface area contributed by atoms with Gasteiger partial charge in [-0.25, -0.2) is 0 Å². The zero-order valence-corrected chi connectivity index (χ0v) is 14.9. The van der Waals surface area contributed by atoms with Gasteiger partial charge in [-0.1, -0.05) is 17.7 Å². The molecule has 0 amide bonds. The third kappa shape index (κ3) is 3.82. The molecule has 0 unspecified atom stereocenters. The molecular formula is C20H22O4. The topological polar surface area (TPSA) is 52.6 Å². The fourth-order valence-corrected chi connectivity index (χ4v) is 2.97. The Hall–Kier alpha value is -2.62. The van der Waals surface area contributed by atoms with E-state index in [0.717, 1.165) is 33.4 Å². The van der Waals surface area contributed by atoms with Crippen LogP contribution in [0.4, 0.5) is 0 Å². The van der Waals surface area contributed by atoms with Crippen LogP contribution < -0.4 is 9.47 Å². The normalized spacial score (nSPS) is 10.4. The molecule has 4 heteroatoms. The summed E-state index contributed by atoms with van der Waals surface area (Å²) in [4.78, 5) is 22.8. The van der Waals surface area contributed by atoms with Gasteiger partial charge in [0.2, 0.25) is 0 Å². The molecule has 2 aromatic rings. The van der Waals surface area contributed by atoms with E-state index >= 15 is 0 Å². The van der Waals surface area contributed by atoms with Crippen LogP contribution in [-0.4, -0.2) is 11.9 Å². The van der Waals surface area contributed by atoms with Crippen LogP contribution in [0.15, 0.2) is 24.3 Å². The molecule has 24 heavy (non-hydrogen) atoms. The molecule has 0 saturated carbocycles. The third-order valence-electron chi connectivity index (χ3n) is 3.73. The number of hydrogen-bond acceptors (Lipinski definition) is 4. The van der Waals surface area contributed by atoms with E-state index in [1.165, 1.54) is 13.8 Å². The number of carbonyl (C=O) groups is 2. The Labute approximate surface area is 142 Å². The van der Waals surface area contributed by atoms with E-state index in [1.807, 2.05) is 27.7 Å². The van der Waals surface area contributed by atoms with Crippen molar-refractivity contribution < 1.29 is 19.1 Å². The molecular weight excluding hydrogens is 304 g/mol. The lowest BCUT2D eigenvalue weighted by Crippen LogP contribution is -2.07. The lowest BCUT2D eigenvalue weighted by molar-refractivity contribution is -0.133. The summed E-state index contributed by atoms with van der Waals surface area (Å²) in [5, 5.41) is 0. The Morgan fingerprint density at radius 1 is 0.708 bits per heavy atom. The zero-order valence-electron chi connectivity index (χ0n) is 14.9. The molecule has 0 fully saturated rings. The molecule has 126 valence electrons. The minimum absolute atomic E-state index is 0.387. The van der Waals surface area contributed by atoms with Crippen molar-refractivity contribution in [3.05, 3.63) is 46.5 Å². The molecule has 2 rings (SSSR count). The van der Waals surface area contributed by atoms with Crippen molar-refractivity contribution >= 4 is 11.9 Å². The van der Waals surface area contributed by atoms with E-state index in [9.17, 15) is 9.59 Å². The zero-order chi connectivity index (χ0) is 18.0. The maximum absolute atomic E-state index is 11.5. The highest BCUT2D eigenvalue weighted by Gasteiger charge is 2.17. The Bertz CT molecular complexity index is 796. The van der Waals surface area contributed by atoms with Crippen molar-refractivity contribution in [1.82, 2.24) is 0 Å². The van der Waals surface area contributed by atoms with E-state index in [0.29, 0.717) is 11.5 Å². The van der Waals surface area contributed by atoms with Crippen LogP contribution in [0, 0.1) is 27.7 Å². The molecule has 0 aliphatic carbocycles. The Balaban J connectivity index is 2.74. The lowest BCUT2D eigenvalue weighted by atomic mass is 9.92. The minimum Gasteiger partial charge on any atom is -0.426 e. The summed E-state index contributed by atoms with van der Waals surface area (Å²) in [6.07, 6.45) is 0. The largest absolute Gasteiger partial charge is 0.426 e. The van der Waals surface area contributed by atoms with Gasteiger partial charge in [-0.3, -0.25) is 9.59 Å². The van der Waals surface area contributed by atoms with Crippen molar-refractivity contribution in [2.24, 2.45) is 0 Å². The first-order valence-corrected chi connectivity index (χ1v) is 7.78. The molecule has 2 aromatic carbocycles. The van der Waals surface area contributed by atoms with Gasteiger partial charge in [0, 0.05) is 19.4 Å². The van der Waals surface area contributed by atoms with Crippen molar-refractivity contribution in [2.75, 3.05) is 0 Å². The van der Waals surface area contributed by atoms with E-state index < -0.39 is 5.97 Å². The molecule has 0 atom stereocenters. The fourth-order valence-electron chi connectivity index (χ4n) is 2.97. The van der Waals surface area contributed by atoms with Gasteiger partial charge in [0.1, 0.15) is 11.5 Å². The van der Waals surface area contributed by atoms with Crippen LogP contribution in [-0.2, 0) is 9.59 Å². The Morgan fingerprint density at radius 2 is 1.21 bits per heavy atom. The quantitative estimate of drug-likeness (QED) is 0.618. The van der Waals surface area contributed by atoms with Gasteiger partial charge < -0.3 is 9.47 Å². The smallest absolute Gasteiger partial charge is 0.308 e. The van der Waals surface area contributed by atoms with E-state index in [-0.39, 0.29) is 5.97 Å². The highest BCUT2D eigenvalue weighted by molar-refractivity contribution is 5.82. The Kier molecular flexibility index (Phi) is 5.07. The second-order valence-corrected chi connectivity index (χ2v) is 6.07.